The highest BCUT2D eigenvalue weighted by Gasteiger charge is 2.29. The van der Waals surface area contributed by atoms with Crippen molar-refractivity contribution in [2.45, 2.75) is 59.5 Å². The van der Waals surface area contributed by atoms with E-state index in [0.29, 0.717) is 24.1 Å². The number of furan rings is 1. The molecule has 1 fully saturated rings. The van der Waals surface area contributed by atoms with Crippen LogP contribution in [0.3, 0.4) is 0 Å². The van der Waals surface area contributed by atoms with E-state index in [0.717, 1.165) is 28.0 Å². The molecule has 3 rings (SSSR count). The monoisotopic (exact) mass is 407 g/mol. The summed E-state index contributed by atoms with van der Waals surface area (Å²) in [5.74, 6) is 2.14. The molecule has 2 aromatic heterocycles. The Morgan fingerprint density at radius 2 is 2.12 bits per heavy atom. The molecule has 0 bridgehead atoms. The minimum Gasteiger partial charge on any atom is -0.454 e. The smallest absolute Gasteiger partial charge is 0.287 e. The third kappa shape index (κ3) is 3.84. The molecule has 0 radical (unpaired) electrons. The SMILES string of the molecule is Cc1nn(Cc2ccc(C(=O)N[C@H]3CCC[C@H](C)[C@@H]3C)o2)c(C)c1Br. The van der Waals surface area contributed by atoms with E-state index in [1.807, 2.05) is 24.6 Å². The first-order chi connectivity index (χ1) is 11.9. The van der Waals surface area contributed by atoms with Gasteiger partial charge >= 0.3 is 0 Å². The lowest BCUT2D eigenvalue weighted by Gasteiger charge is -2.34. The van der Waals surface area contributed by atoms with Gasteiger partial charge in [-0.1, -0.05) is 26.7 Å². The first-order valence-corrected chi connectivity index (χ1v) is 9.75. The average Bonchev–Trinajstić information content (AvgIpc) is 3.13. The molecule has 1 aliphatic carbocycles. The van der Waals surface area contributed by atoms with Crippen LogP contribution in [0.1, 0.15) is 60.8 Å². The Labute approximate surface area is 157 Å². The van der Waals surface area contributed by atoms with Crippen LogP contribution in [0.25, 0.3) is 0 Å². The van der Waals surface area contributed by atoms with Crippen LogP contribution in [0.15, 0.2) is 21.0 Å². The van der Waals surface area contributed by atoms with Crippen molar-refractivity contribution >= 4 is 21.8 Å². The van der Waals surface area contributed by atoms with Gasteiger partial charge in [0.1, 0.15) is 5.76 Å². The second-order valence-corrected chi connectivity index (χ2v) is 8.05. The van der Waals surface area contributed by atoms with Crippen LogP contribution in [0.5, 0.6) is 0 Å². The Balaban J connectivity index is 1.66. The zero-order chi connectivity index (χ0) is 18.1. The lowest BCUT2D eigenvalue weighted by atomic mass is 9.78. The standard InChI is InChI=1S/C19H26BrN3O2/c1-11-6-5-7-16(12(11)2)21-19(24)17-9-8-15(25-17)10-23-14(4)18(20)13(3)22-23/h8-9,11-12,16H,5-7,10H2,1-4H3,(H,21,24)/t11-,12-,16-/m0/s1. The van der Waals surface area contributed by atoms with Gasteiger partial charge in [-0.25, -0.2) is 0 Å². The number of nitrogens with zero attached hydrogens (tertiary/aromatic N) is 2. The van der Waals surface area contributed by atoms with E-state index in [1.165, 1.54) is 12.8 Å². The zero-order valence-electron chi connectivity index (χ0n) is 15.3. The maximum absolute atomic E-state index is 12.5. The molecule has 0 unspecified atom stereocenters. The number of aryl methyl sites for hydroxylation is 1. The number of nitrogens with one attached hydrogen (secondary N) is 1. The normalized spacial score (nSPS) is 23.6. The van der Waals surface area contributed by atoms with E-state index >= 15 is 0 Å². The molecule has 1 aliphatic rings. The molecule has 136 valence electrons. The van der Waals surface area contributed by atoms with Gasteiger partial charge in [-0.05, 0) is 60.2 Å². The summed E-state index contributed by atoms with van der Waals surface area (Å²) in [5, 5.41) is 7.63. The molecule has 5 nitrogen and oxygen atoms in total. The summed E-state index contributed by atoms with van der Waals surface area (Å²) in [6.07, 6.45) is 3.47. The van der Waals surface area contributed by atoms with Crippen LogP contribution >= 0.6 is 15.9 Å². The zero-order valence-corrected chi connectivity index (χ0v) is 16.9. The molecule has 0 saturated heterocycles. The number of halogens is 1. The van der Waals surface area contributed by atoms with Crippen molar-refractivity contribution in [2.24, 2.45) is 11.8 Å². The summed E-state index contributed by atoms with van der Waals surface area (Å²) in [4.78, 5) is 12.5. The Morgan fingerprint density at radius 3 is 2.80 bits per heavy atom. The van der Waals surface area contributed by atoms with Crippen LogP contribution in [-0.2, 0) is 6.54 Å². The number of hydrogen-bond acceptors (Lipinski definition) is 3. The summed E-state index contributed by atoms with van der Waals surface area (Å²) in [5.41, 5.74) is 1.99. The van der Waals surface area contributed by atoms with Gasteiger partial charge in [-0.15, -0.1) is 0 Å². The van der Waals surface area contributed by atoms with Crippen molar-refractivity contribution in [1.82, 2.24) is 15.1 Å². The van der Waals surface area contributed by atoms with Crippen molar-refractivity contribution in [2.75, 3.05) is 0 Å². The molecule has 6 heteroatoms. The van der Waals surface area contributed by atoms with Crippen molar-refractivity contribution in [3.63, 3.8) is 0 Å². The van der Waals surface area contributed by atoms with Crippen molar-refractivity contribution in [1.29, 1.82) is 0 Å². The minimum absolute atomic E-state index is 0.119. The van der Waals surface area contributed by atoms with E-state index in [-0.39, 0.29) is 11.9 Å². The molecular formula is C19H26BrN3O2. The number of carbonyl (C=O) groups excluding carboxylic acids is 1. The van der Waals surface area contributed by atoms with Gasteiger partial charge in [0.15, 0.2) is 5.76 Å². The first-order valence-electron chi connectivity index (χ1n) is 8.96. The molecule has 2 aromatic rings. The Kier molecular flexibility index (Phi) is 5.37. The van der Waals surface area contributed by atoms with Crippen LogP contribution in [0.2, 0.25) is 0 Å². The van der Waals surface area contributed by atoms with Crippen LogP contribution in [0.4, 0.5) is 0 Å². The maximum Gasteiger partial charge on any atom is 0.287 e. The molecule has 1 N–H and O–H groups in total. The summed E-state index contributed by atoms with van der Waals surface area (Å²) in [7, 11) is 0. The molecule has 0 aliphatic heterocycles. The average molecular weight is 408 g/mol. The van der Waals surface area contributed by atoms with Crippen LogP contribution in [0, 0.1) is 25.7 Å². The molecule has 2 heterocycles. The fourth-order valence-corrected chi connectivity index (χ4v) is 3.87. The molecule has 1 amide bonds. The van der Waals surface area contributed by atoms with Gasteiger partial charge in [0.2, 0.25) is 0 Å². The molecular weight excluding hydrogens is 382 g/mol. The molecule has 25 heavy (non-hydrogen) atoms. The number of amides is 1. The molecule has 0 aromatic carbocycles. The Hall–Kier alpha value is -1.56. The summed E-state index contributed by atoms with van der Waals surface area (Å²) >= 11 is 3.53. The van der Waals surface area contributed by atoms with E-state index in [2.05, 4.69) is 40.2 Å². The number of carbonyl (C=O) groups is 1. The highest BCUT2D eigenvalue weighted by atomic mass is 79.9. The largest absolute Gasteiger partial charge is 0.454 e. The number of aromatic nitrogens is 2. The van der Waals surface area contributed by atoms with E-state index in [4.69, 9.17) is 4.42 Å². The quantitative estimate of drug-likeness (QED) is 0.813. The predicted molar refractivity (Wildman–Crippen MR) is 101 cm³/mol. The van der Waals surface area contributed by atoms with Gasteiger partial charge in [0.25, 0.3) is 5.91 Å². The van der Waals surface area contributed by atoms with Crippen molar-refractivity contribution < 1.29 is 9.21 Å². The van der Waals surface area contributed by atoms with Crippen LogP contribution in [-0.4, -0.2) is 21.7 Å². The third-order valence-electron chi connectivity index (χ3n) is 5.51. The third-order valence-corrected chi connectivity index (χ3v) is 6.66. The van der Waals surface area contributed by atoms with Gasteiger partial charge in [0.05, 0.1) is 22.4 Å². The Bertz CT molecular complexity index is 765. The summed E-state index contributed by atoms with van der Waals surface area (Å²) < 4.78 is 8.66. The molecule has 1 saturated carbocycles. The van der Waals surface area contributed by atoms with E-state index in [9.17, 15) is 4.79 Å². The number of hydrogen-bond donors (Lipinski definition) is 1. The lowest BCUT2D eigenvalue weighted by Crippen LogP contribution is -2.43. The minimum atomic E-state index is -0.119. The second-order valence-electron chi connectivity index (χ2n) is 7.26. The van der Waals surface area contributed by atoms with Crippen molar-refractivity contribution in [3.8, 4) is 0 Å². The van der Waals surface area contributed by atoms with Gasteiger partial charge < -0.3 is 9.73 Å². The topological polar surface area (TPSA) is 60.1 Å². The van der Waals surface area contributed by atoms with Gasteiger partial charge in [-0.2, -0.15) is 5.10 Å². The van der Waals surface area contributed by atoms with Gasteiger partial charge in [0, 0.05) is 6.04 Å². The highest BCUT2D eigenvalue weighted by molar-refractivity contribution is 9.10. The summed E-state index contributed by atoms with van der Waals surface area (Å²) in [6, 6.07) is 3.84. The van der Waals surface area contributed by atoms with Gasteiger partial charge in [-0.3, -0.25) is 9.48 Å². The fraction of sp³-hybridized carbons (Fsp3) is 0.579. The predicted octanol–water partition coefficient (Wildman–Crippen LogP) is 4.46. The first kappa shape index (κ1) is 18.2. The van der Waals surface area contributed by atoms with E-state index in [1.54, 1.807) is 6.07 Å². The molecule has 0 spiro atoms. The second kappa shape index (κ2) is 7.36. The summed E-state index contributed by atoms with van der Waals surface area (Å²) in [6.45, 7) is 8.97. The van der Waals surface area contributed by atoms with E-state index < -0.39 is 0 Å². The van der Waals surface area contributed by atoms with Crippen LogP contribution < -0.4 is 5.32 Å². The fourth-order valence-electron chi connectivity index (χ4n) is 3.59. The van der Waals surface area contributed by atoms with Crippen molar-refractivity contribution in [3.05, 3.63) is 39.5 Å². The highest BCUT2D eigenvalue weighted by Crippen LogP contribution is 2.29. The number of rotatable bonds is 4. The Morgan fingerprint density at radius 1 is 1.36 bits per heavy atom. The maximum atomic E-state index is 12.5. The molecule has 3 atom stereocenters. The lowest BCUT2D eigenvalue weighted by molar-refractivity contribution is 0.0861.